The van der Waals surface area contributed by atoms with Crippen molar-refractivity contribution in [3.63, 3.8) is 0 Å². The average molecular weight is 265 g/mol. The van der Waals surface area contributed by atoms with Gasteiger partial charge in [-0.25, -0.2) is 0 Å². The molecule has 0 bridgehead atoms. The number of hydrogen-bond donors (Lipinski definition) is 2. The Hall–Kier alpha value is -2.08. The molecule has 0 atom stereocenters. The molecule has 0 radical (unpaired) electrons. The highest BCUT2D eigenvalue weighted by molar-refractivity contribution is 6.00. The third-order valence-corrected chi connectivity index (χ3v) is 3.35. The Morgan fingerprint density at radius 3 is 2.47 bits per heavy atom. The highest BCUT2D eigenvalue weighted by Crippen LogP contribution is 2.32. The molecule has 2 rings (SSSR count). The molecule has 0 amide bonds. The lowest BCUT2D eigenvalue weighted by Gasteiger charge is -2.44. The molecule has 1 aromatic rings. The number of hydrogen-bond acceptors (Lipinski definition) is 4. The van der Waals surface area contributed by atoms with Gasteiger partial charge < -0.3 is 14.9 Å². The molecule has 0 unspecified atom stereocenters. The van der Waals surface area contributed by atoms with Gasteiger partial charge in [0, 0.05) is 19.6 Å². The van der Waals surface area contributed by atoms with Gasteiger partial charge in [0.1, 0.15) is 5.75 Å². The molecule has 1 saturated heterocycles. The largest absolute Gasteiger partial charge is 0.497 e. The Balaban J connectivity index is 2.01. The summed E-state index contributed by atoms with van der Waals surface area (Å²) >= 11 is 0. The van der Waals surface area contributed by atoms with Crippen LogP contribution in [0.3, 0.4) is 0 Å². The smallest absolute Gasteiger partial charge is 0.323 e. The van der Waals surface area contributed by atoms with Gasteiger partial charge in [0.05, 0.1) is 7.11 Å². The summed E-state index contributed by atoms with van der Waals surface area (Å²) in [5.74, 6) is -1.83. The molecule has 0 aliphatic carbocycles. The summed E-state index contributed by atoms with van der Waals surface area (Å²) in [5.41, 5.74) is -0.692. The zero-order chi connectivity index (χ0) is 14.0. The van der Waals surface area contributed by atoms with Gasteiger partial charge in [0.15, 0.2) is 5.41 Å². The fraction of sp³-hybridized carbons (Fsp3) is 0.385. The van der Waals surface area contributed by atoms with Gasteiger partial charge in [-0.2, -0.15) is 0 Å². The van der Waals surface area contributed by atoms with Crippen molar-refractivity contribution in [2.45, 2.75) is 6.54 Å². The number of nitrogens with zero attached hydrogens (tertiary/aromatic N) is 1. The number of ether oxygens (including phenoxy) is 1. The van der Waals surface area contributed by atoms with Gasteiger partial charge in [0.2, 0.25) is 0 Å². The third kappa shape index (κ3) is 2.39. The van der Waals surface area contributed by atoms with E-state index < -0.39 is 17.4 Å². The molecule has 102 valence electrons. The van der Waals surface area contributed by atoms with E-state index in [1.165, 1.54) is 0 Å². The Labute approximate surface area is 110 Å². The molecule has 6 nitrogen and oxygen atoms in total. The quantitative estimate of drug-likeness (QED) is 0.761. The summed E-state index contributed by atoms with van der Waals surface area (Å²) in [6.07, 6.45) is 0. The van der Waals surface area contributed by atoms with Gasteiger partial charge in [-0.05, 0) is 17.7 Å². The molecular weight excluding hydrogens is 250 g/mol. The van der Waals surface area contributed by atoms with E-state index in [1.54, 1.807) is 12.0 Å². The van der Waals surface area contributed by atoms with Crippen LogP contribution in [-0.2, 0) is 16.1 Å². The van der Waals surface area contributed by atoms with Crippen LogP contribution in [0.5, 0.6) is 5.75 Å². The van der Waals surface area contributed by atoms with Crippen LogP contribution in [0, 0.1) is 5.41 Å². The van der Waals surface area contributed by atoms with E-state index in [0.717, 1.165) is 11.3 Å². The van der Waals surface area contributed by atoms with E-state index >= 15 is 0 Å². The number of carbonyl (C=O) groups is 2. The van der Waals surface area contributed by atoms with Gasteiger partial charge >= 0.3 is 11.9 Å². The first kappa shape index (κ1) is 13.4. The van der Waals surface area contributed by atoms with Crippen molar-refractivity contribution in [3.05, 3.63) is 29.8 Å². The molecule has 6 heteroatoms. The molecule has 1 aromatic carbocycles. The molecule has 1 fully saturated rings. The van der Waals surface area contributed by atoms with E-state index in [4.69, 9.17) is 14.9 Å². The zero-order valence-electron chi connectivity index (χ0n) is 10.5. The van der Waals surface area contributed by atoms with Crippen molar-refractivity contribution in [2.24, 2.45) is 5.41 Å². The minimum Gasteiger partial charge on any atom is -0.497 e. The number of carboxylic acids is 2. The van der Waals surface area contributed by atoms with Crippen LogP contribution in [0.1, 0.15) is 5.56 Å². The minimum absolute atomic E-state index is 0.0227. The summed E-state index contributed by atoms with van der Waals surface area (Å²) in [6, 6.07) is 7.40. The fourth-order valence-electron chi connectivity index (χ4n) is 2.22. The second-order valence-corrected chi connectivity index (χ2v) is 4.69. The van der Waals surface area contributed by atoms with Gasteiger partial charge in [-0.1, -0.05) is 12.1 Å². The summed E-state index contributed by atoms with van der Waals surface area (Å²) < 4.78 is 5.10. The first-order chi connectivity index (χ1) is 8.98. The number of benzene rings is 1. The van der Waals surface area contributed by atoms with Gasteiger partial charge in [-0.15, -0.1) is 0 Å². The maximum absolute atomic E-state index is 11.0. The van der Waals surface area contributed by atoms with E-state index in [0.29, 0.717) is 6.54 Å². The van der Waals surface area contributed by atoms with Crippen molar-refractivity contribution in [1.29, 1.82) is 0 Å². The van der Waals surface area contributed by atoms with Crippen LogP contribution in [0.15, 0.2) is 24.3 Å². The number of rotatable bonds is 5. The third-order valence-electron chi connectivity index (χ3n) is 3.35. The van der Waals surface area contributed by atoms with Crippen LogP contribution in [0.2, 0.25) is 0 Å². The highest BCUT2D eigenvalue weighted by atomic mass is 16.5. The average Bonchev–Trinajstić information content (AvgIpc) is 2.32. The molecule has 1 heterocycles. The standard InChI is InChI=1S/C13H15NO5/c1-19-10-4-2-3-9(5-10)6-14-7-13(8-14,11(15)16)12(17)18/h2-5H,6-8H2,1H3,(H,15,16)(H,17,18). The van der Waals surface area contributed by atoms with Crippen molar-refractivity contribution in [1.82, 2.24) is 4.90 Å². The van der Waals surface area contributed by atoms with Crippen LogP contribution in [0.25, 0.3) is 0 Å². The van der Waals surface area contributed by atoms with Crippen molar-refractivity contribution in [2.75, 3.05) is 20.2 Å². The summed E-state index contributed by atoms with van der Waals surface area (Å²) in [4.78, 5) is 23.8. The van der Waals surface area contributed by atoms with Crippen molar-refractivity contribution < 1.29 is 24.5 Å². The monoisotopic (exact) mass is 265 g/mol. The molecule has 1 aliphatic rings. The van der Waals surface area contributed by atoms with E-state index in [9.17, 15) is 9.59 Å². The SMILES string of the molecule is COc1cccc(CN2CC(C(=O)O)(C(=O)O)C2)c1. The summed E-state index contributed by atoms with van der Waals surface area (Å²) in [5, 5.41) is 18.0. The maximum Gasteiger partial charge on any atom is 0.323 e. The predicted molar refractivity (Wildman–Crippen MR) is 66.0 cm³/mol. The summed E-state index contributed by atoms with van der Waals surface area (Å²) in [7, 11) is 1.57. The van der Waals surface area contributed by atoms with Gasteiger partial charge in [-0.3, -0.25) is 14.5 Å². The van der Waals surface area contributed by atoms with E-state index in [1.807, 2.05) is 24.3 Å². The van der Waals surface area contributed by atoms with Crippen molar-refractivity contribution in [3.8, 4) is 5.75 Å². The van der Waals surface area contributed by atoms with Crippen LogP contribution in [0.4, 0.5) is 0 Å². The normalized spacial score (nSPS) is 17.5. The second kappa shape index (κ2) is 4.89. The Morgan fingerprint density at radius 2 is 1.95 bits per heavy atom. The van der Waals surface area contributed by atoms with E-state index in [-0.39, 0.29) is 13.1 Å². The molecule has 1 aliphatic heterocycles. The van der Waals surface area contributed by atoms with Crippen LogP contribution < -0.4 is 4.74 Å². The fourth-order valence-corrected chi connectivity index (χ4v) is 2.22. The number of carboxylic acid groups (broad SMARTS) is 2. The highest BCUT2D eigenvalue weighted by Gasteiger charge is 2.56. The zero-order valence-corrected chi connectivity index (χ0v) is 10.5. The molecule has 2 N–H and O–H groups in total. The molecule has 0 spiro atoms. The number of aliphatic carboxylic acids is 2. The van der Waals surface area contributed by atoms with Gasteiger partial charge in [0.25, 0.3) is 0 Å². The van der Waals surface area contributed by atoms with E-state index in [2.05, 4.69) is 0 Å². The lowest BCUT2D eigenvalue weighted by molar-refractivity contribution is -0.178. The predicted octanol–water partition coefficient (Wildman–Crippen LogP) is 0.666. The Morgan fingerprint density at radius 1 is 1.32 bits per heavy atom. The first-order valence-electron chi connectivity index (χ1n) is 5.80. The van der Waals surface area contributed by atoms with Crippen molar-refractivity contribution >= 4 is 11.9 Å². The molecule has 0 aromatic heterocycles. The topological polar surface area (TPSA) is 87.1 Å². The first-order valence-corrected chi connectivity index (χ1v) is 5.80. The Bertz CT molecular complexity index is 492. The molecular formula is C13H15NO5. The minimum atomic E-state index is -1.65. The number of methoxy groups -OCH3 is 1. The second-order valence-electron chi connectivity index (χ2n) is 4.69. The molecule has 0 saturated carbocycles. The van der Waals surface area contributed by atoms with Crippen LogP contribution in [-0.4, -0.2) is 47.3 Å². The summed E-state index contributed by atoms with van der Waals surface area (Å²) in [6.45, 7) is 0.559. The Kier molecular flexibility index (Phi) is 3.44. The molecule has 19 heavy (non-hydrogen) atoms. The lowest BCUT2D eigenvalue weighted by atomic mass is 9.79. The number of likely N-dealkylation sites (tertiary alicyclic amines) is 1. The lowest BCUT2D eigenvalue weighted by Crippen LogP contribution is -2.63. The maximum atomic E-state index is 11.0. The van der Waals surface area contributed by atoms with Crippen LogP contribution >= 0.6 is 0 Å².